The van der Waals surface area contributed by atoms with Gasteiger partial charge in [-0.05, 0) is 78.4 Å². The van der Waals surface area contributed by atoms with E-state index in [0.29, 0.717) is 11.3 Å². The Morgan fingerprint density at radius 3 is 2.45 bits per heavy atom. The summed E-state index contributed by atoms with van der Waals surface area (Å²) in [6.07, 6.45) is 5.25. The van der Waals surface area contributed by atoms with Gasteiger partial charge in [0, 0.05) is 23.7 Å². The van der Waals surface area contributed by atoms with Gasteiger partial charge in [0.25, 0.3) is 21.6 Å². The maximum Gasteiger partial charge on any atom is 0.337 e. The third-order valence-corrected chi connectivity index (χ3v) is 10.6. The van der Waals surface area contributed by atoms with Crippen LogP contribution in [0, 0.1) is 16.0 Å². The van der Waals surface area contributed by atoms with Crippen molar-refractivity contribution < 1.29 is 27.7 Å². The monoisotopic (exact) mass is 679 g/mol. The lowest BCUT2D eigenvalue weighted by Gasteiger charge is -2.37. The number of amides is 1. The molecule has 1 amide bonds. The highest BCUT2D eigenvalue weighted by atomic mass is 32.2. The summed E-state index contributed by atoms with van der Waals surface area (Å²) in [5.74, 6) is -0.734. The van der Waals surface area contributed by atoms with Crippen molar-refractivity contribution in [1.29, 1.82) is 0 Å². The summed E-state index contributed by atoms with van der Waals surface area (Å²) in [5.41, 5.74) is 6.99. The highest BCUT2D eigenvalue weighted by molar-refractivity contribution is 7.92. The summed E-state index contributed by atoms with van der Waals surface area (Å²) < 4.78 is 32.9. The minimum absolute atomic E-state index is 0.0280. The summed E-state index contributed by atoms with van der Waals surface area (Å²) in [6.45, 7) is 1.07. The highest BCUT2D eigenvalue weighted by Crippen LogP contribution is 2.50. The SMILES string of the molecule is COC(=O)c1ccc(C2Nc3ccc(C(C)=NNC(=O)CN(c4cccc([N+](=O)[O-])c4)S(=O)(=O)c4ccccc4)cc3C3C=CCC32)cc1. The van der Waals surface area contributed by atoms with Gasteiger partial charge in [-0.2, -0.15) is 5.10 Å². The fraction of sp³-hybridized carbons (Fsp3) is 0.194. The van der Waals surface area contributed by atoms with Crippen LogP contribution in [-0.2, 0) is 19.6 Å². The average molecular weight is 680 g/mol. The summed E-state index contributed by atoms with van der Waals surface area (Å²) >= 11 is 0. The second kappa shape index (κ2) is 13.7. The number of carbonyl (C=O) groups is 2. The molecule has 0 aromatic heterocycles. The van der Waals surface area contributed by atoms with E-state index in [-0.39, 0.29) is 40.1 Å². The number of nitrogens with one attached hydrogen (secondary N) is 2. The highest BCUT2D eigenvalue weighted by Gasteiger charge is 2.38. The Kier molecular flexibility index (Phi) is 9.27. The fourth-order valence-corrected chi connectivity index (χ4v) is 7.70. The molecule has 3 unspecified atom stereocenters. The number of hydrogen-bond acceptors (Lipinski definition) is 9. The van der Waals surface area contributed by atoms with Gasteiger partial charge in [0.15, 0.2) is 0 Å². The molecular weight excluding hydrogens is 646 g/mol. The minimum atomic E-state index is -4.27. The lowest BCUT2D eigenvalue weighted by molar-refractivity contribution is -0.384. The van der Waals surface area contributed by atoms with Crippen molar-refractivity contribution >= 4 is 44.7 Å². The van der Waals surface area contributed by atoms with Gasteiger partial charge in [-0.3, -0.25) is 19.2 Å². The van der Waals surface area contributed by atoms with E-state index in [1.807, 2.05) is 30.3 Å². The van der Waals surface area contributed by atoms with Crippen LogP contribution in [0.5, 0.6) is 0 Å². The molecule has 6 rings (SSSR count). The first-order valence-electron chi connectivity index (χ1n) is 15.5. The number of hydrazone groups is 1. The standard InChI is InChI=1S/C36H33N5O7S/c1-23(38-39-34(42)22-40(27-8-6-9-28(21-27)41(44)45)49(46,47)29-10-4-3-5-11-29)26-18-19-33-32(20-26)30-12-7-13-31(30)35(37-33)24-14-16-25(17-15-24)36(43)48-2/h3-12,14-21,30-31,35,37H,13,22H2,1-2H3,(H,39,42). The van der Waals surface area contributed by atoms with Crippen molar-refractivity contribution in [3.63, 3.8) is 0 Å². The van der Waals surface area contributed by atoms with Crippen LogP contribution in [0.25, 0.3) is 0 Å². The predicted octanol–water partition coefficient (Wildman–Crippen LogP) is 5.94. The largest absolute Gasteiger partial charge is 0.465 e. The summed E-state index contributed by atoms with van der Waals surface area (Å²) in [6, 6.07) is 26.0. The van der Waals surface area contributed by atoms with E-state index >= 15 is 0 Å². The van der Waals surface area contributed by atoms with E-state index < -0.39 is 27.4 Å². The normalized spacial score (nSPS) is 18.1. The number of allylic oxidation sites excluding steroid dienone is 2. The Labute approximate surface area is 283 Å². The van der Waals surface area contributed by atoms with E-state index in [0.717, 1.165) is 39.2 Å². The van der Waals surface area contributed by atoms with Crippen LogP contribution in [0.3, 0.4) is 0 Å². The number of benzene rings is 4. The molecule has 2 N–H and O–H groups in total. The number of sulfonamides is 1. The number of anilines is 2. The molecule has 0 fully saturated rings. The number of fused-ring (bicyclic) bond motifs is 3. The lowest BCUT2D eigenvalue weighted by Crippen LogP contribution is -2.39. The maximum absolute atomic E-state index is 13.6. The molecule has 250 valence electrons. The van der Waals surface area contributed by atoms with Gasteiger partial charge in [-0.1, -0.05) is 54.6 Å². The van der Waals surface area contributed by atoms with Crippen molar-refractivity contribution in [2.45, 2.75) is 30.2 Å². The molecule has 2 aliphatic rings. The van der Waals surface area contributed by atoms with Crippen molar-refractivity contribution in [3.05, 3.63) is 142 Å². The second-order valence-electron chi connectivity index (χ2n) is 11.7. The fourth-order valence-electron chi connectivity index (χ4n) is 6.27. The first-order chi connectivity index (χ1) is 23.6. The Morgan fingerprint density at radius 2 is 1.73 bits per heavy atom. The Balaban J connectivity index is 1.21. The molecule has 0 spiro atoms. The van der Waals surface area contributed by atoms with E-state index in [1.165, 1.54) is 37.4 Å². The van der Waals surface area contributed by atoms with Crippen LogP contribution in [0.1, 0.15) is 52.4 Å². The smallest absolute Gasteiger partial charge is 0.337 e. The van der Waals surface area contributed by atoms with Gasteiger partial charge < -0.3 is 10.1 Å². The van der Waals surface area contributed by atoms with Crippen LogP contribution >= 0.6 is 0 Å². The molecule has 13 heteroatoms. The summed E-state index contributed by atoms with van der Waals surface area (Å²) in [5, 5.41) is 19.4. The van der Waals surface area contributed by atoms with Crippen molar-refractivity contribution in [2.75, 3.05) is 23.3 Å². The molecule has 1 heterocycles. The van der Waals surface area contributed by atoms with Crippen LogP contribution in [-0.4, -0.2) is 44.6 Å². The van der Waals surface area contributed by atoms with Crippen LogP contribution in [0.15, 0.2) is 119 Å². The predicted molar refractivity (Wildman–Crippen MR) is 185 cm³/mol. The van der Waals surface area contributed by atoms with E-state index in [4.69, 9.17) is 4.74 Å². The zero-order valence-electron chi connectivity index (χ0n) is 26.6. The van der Waals surface area contributed by atoms with Gasteiger partial charge in [0.1, 0.15) is 6.54 Å². The van der Waals surface area contributed by atoms with E-state index in [2.05, 4.69) is 28.0 Å². The van der Waals surface area contributed by atoms with Crippen LogP contribution < -0.4 is 15.0 Å². The number of carbonyl (C=O) groups excluding carboxylic acids is 2. The van der Waals surface area contributed by atoms with Crippen LogP contribution in [0.4, 0.5) is 17.1 Å². The molecule has 0 saturated carbocycles. The Bertz CT molecular complexity index is 2080. The topological polar surface area (TPSA) is 160 Å². The minimum Gasteiger partial charge on any atom is -0.465 e. The number of ether oxygens (including phenoxy) is 1. The summed E-state index contributed by atoms with van der Waals surface area (Å²) in [4.78, 5) is 35.8. The zero-order chi connectivity index (χ0) is 34.7. The number of methoxy groups -OCH3 is 1. The number of esters is 1. The Hall–Kier alpha value is -5.82. The van der Waals surface area contributed by atoms with Gasteiger partial charge >= 0.3 is 5.97 Å². The Morgan fingerprint density at radius 1 is 1.00 bits per heavy atom. The zero-order valence-corrected chi connectivity index (χ0v) is 27.5. The molecule has 0 radical (unpaired) electrons. The third-order valence-electron chi connectivity index (χ3n) is 8.77. The molecule has 12 nitrogen and oxygen atoms in total. The molecule has 49 heavy (non-hydrogen) atoms. The van der Waals surface area contributed by atoms with Crippen molar-refractivity contribution in [2.24, 2.45) is 11.0 Å². The molecule has 1 aliphatic carbocycles. The molecule has 1 aliphatic heterocycles. The molecule has 0 saturated heterocycles. The van der Waals surface area contributed by atoms with Crippen molar-refractivity contribution in [1.82, 2.24) is 5.43 Å². The first-order valence-corrected chi connectivity index (χ1v) is 16.9. The van der Waals surface area contributed by atoms with Gasteiger partial charge in [-0.25, -0.2) is 18.6 Å². The van der Waals surface area contributed by atoms with Gasteiger partial charge in [0.05, 0.1) is 39.9 Å². The number of hydrogen-bond donors (Lipinski definition) is 2. The van der Waals surface area contributed by atoms with E-state index in [1.54, 1.807) is 37.3 Å². The lowest BCUT2D eigenvalue weighted by atomic mass is 9.76. The molecule has 3 atom stereocenters. The molecule has 0 bridgehead atoms. The summed E-state index contributed by atoms with van der Waals surface area (Å²) in [7, 11) is -2.91. The number of rotatable bonds is 10. The quantitative estimate of drug-likeness (QED) is 0.0684. The second-order valence-corrected chi connectivity index (χ2v) is 13.6. The third kappa shape index (κ3) is 6.79. The van der Waals surface area contributed by atoms with Gasteiger partial charge in [0.2, 0.25) is 0 Å². The number of non-ortho nitro benzene ring substituents is 1. The maximum atomic E-state index is 13.6. The molecule has 4 aromatic carbocycles. The van der Waals surface area contributed by atoms with Crippen LogP contribution in [0.2, 0.25) is 0 Å². The number of nitrogens with zero attached hydrogens (tertiary/aromatic N) is 3. The molecule has 4 aromatic rings. The number of nitro benzene ring substituents is 1. The average Bonchev–Trinajstić information content (AvgIpc) is 3.63. The number of nitro groups is 1. The van der Waals surface area contributed by atoms with Gasteiger partial charge in [-0.15, -0.1) is 0 Å². The first kappa shape index (κ1) is 33.1. The van der Waals surface area contributed by atoms with Crippen molar-refractivity contribution in [3.8, 4) is 0 Å². The molecular formula is C36H33N5O7S. The van der Waals surface area contributed by atoms with E-state index in [9.17, 15) is 28.1 Å².